The Labute approximate surface area is 107 Å². The number of carbonyl (C=O) groups excluding carboxylic acids is 1. The molecule has 2 N–H and O–H groups in total. The van der Waals surface area contributed by atoms with Gasteiger partial charge in [-0.2, -0.15) is 5.26 Å². The minimum Gasteiger partial charge on any atom is -0.336 e. The van der Waals surface area contributed by atoms with Crippen LogP contribution in [-0.4, -0.2) is 27.9 Å². The molecule has 1 amide bonds. The fraction of sp³-hybridized carbons (Fsp3) is 0.462. The predicted molar refractivity (Wildman–Crippen MR) is 68.2 cm³/mol. The first-order valence-electron chi connectivity index (χ1n) is 5.79. The number of nitrogens with zero attached hydrogens (tertiary/aromatic N) is 3. The van der Waals surface area contributed by atoms with Gasteiger partial charge in [-0.25, -0.2) is 0 Å². The molecule has 0 aromatic carbocycles. The zero-order chi connectivity index (χ0) is 13.6. The van der Waals surface area contributed by atoms with Gasteiger partial charge in [0.25, 0.3) is 0 Å². The summed E-state index contributed by atoms with van der Waals surface area (Å²) in [5, 5.41) is 8.63. The Balaban J connectivity index is 2.80. The van der Waals surface area contributed by atoms with Gasteiger partial charge in [0, 0.05) is 25.5 Å². The quantitative estimate of drug-likeness (QED) is 0.842. The Hall–Kier alpha value is -1.93. The van der Waals surface area contributed by atoms with Gasteiger partial charge in [0.15, 0.2) is 0 Å². The van der Waals surface area contributed by atoms with Gasteiger partial charge in [-0.05, 0) is 25.5 Å². The van der Waals surface area contributed by atoms with Crippen molar-refractivity contribution in [1.29, 1.82) is 5.26 Å². The highest BCUT2D eigenvalue weighted by atomic mass is 16.2. The van der Waals surface area contributed by atoms with Gasteiger partial charge < -0.3 is 10.6 Å². The third kappa shape index (κ3) is 4.15. The molecule has 0 unspecified atom stereocenters. The molecule has 0 aliphatic rings. The van der Waals surface area contributed by atoms with Crippen molar-refractivity contribution in [2.45, 2.75) is 32.4 Å². The Kier molecular flexibility index (Phi) is 4.81. The lowest BCUT2D eigenvalue weighted by Crippen LogP contribution is -2.51. The van der Waals surface area contributed by atoms with Crippen molar-refractivity contribution in [2.75, 3.05) is 6.54 Å². The number of pyridine rings is 1. The maximum atomic E-state index is 12.1. The molecule has 1 rings (SSSR count). The van der Waals surface area contributed by atoms with Crippen molar-refractivity contribution in [1.82, 2.24) is 9.88 Å². The molecule has 1 heterocycles. The van der Waals surface area contributed by atoms with Gasteiger partial charge in [0.2, 0.25) is 5.91 Å². The van der Waals surface area contributed by atoms with E-state index in [1.165, 1.54) is 0 Å². The molecule has 5 nitrogen and oxygen atoms in total. The monoisotopic (exact) mass is 246 g/mol. The molecule has 0 spiro atoms. The molecule has 1 aromatic rings. The van der Waals surface area contributed by atoms with Crippen molar-refractivity contribution >= 4 is 5.91 Å². The van der Waals surface area contributed by atoms with Crippen LogP contribution in [-0.2, 0) is 11.3 Å². The lowest BCUT2D eigenvalue weighted by atomic mass is 10.0. The van der Waals surface area contributed by atoms with Crippen LogP contribution in [0.3, 0.4) is 0 Å². The van der Waals surface area contributed by atoms with Crippen LogP contribution in [0.1, 0.15) is 25.8 Å². The van der Waals surface area contributed by atoms with Gasteiger partial charge in [0.1, 0.15) is 0 Å². The third-order valence-electron chi connectivity index (χ3n) is 2.43. The SMILES string of the molecule is CC(C)(N)C(=O)N(CCC#N)Cc1cccnc1. The zero-order valence-electron chi connectivity index (χ0n) is 10.8. The summed E-state index contributed by atoms with van der Waals surface area (Å²) in [6.45, 7) is 4.13. The highest BCUT2D eigenvalue weighted by Gasteiger charge is 2.27. The van der Waals surface area contributed by atoms with Crippen LogP contribution >= 0.6 is 0 Å². The number of hydrogen-bond acceptors (Lipinski definition) is 4. The van der Waals surface area contributed by atoms with E-state index in [1.807, 2.05) is 18.2 Å². The molecule has 0 aliphatic carbocycles. The summed E-state index contributed by atoms with van der Waals surface area (Å²) in [6.07, 6.45) is 3.68. The minimum absolute atomic E-state index is 0.165. The molecule has 1 aromatic heterocycles. The summed E-state index contributed by atoms with van der Waals surface area (Å²) >= 11 is 0. The molecule has 0 radical (unpaired) electrons. The minimum atomic E-state index is -0.933. The van der Waals surface area contributed by atoms with Crippen LogP contribution in [0.4, 0.5) is 0 Å². The zero-order valence-corrected chi connectivity index (χ0v) is 10.8. The second-order valence-electron chi connectivity index (χ2n) is 4.72. The molecule has 18 heavy (non-hydrogen) atoms. The first-order chi connectivity index (χ1) is 8.45. The van der Waals surface area contributed by atoms with Crippen LogP contribution < -0.4 is 5.73 Å². The van der Waals surface area contributed by atoms with E-state index < -0.39 is 5.54 Å². The summed E-state index contributed by atoms with van der Waals surface area (Å²) in [6, 6.07) is 5.75. The highest BCUT2D eigenvalue weighted by Crippen LogP contribution is 2.10. The largest absolute Gasteiger partial charge is 0.336 e. The average molecular weight is 246 g/mol. The fourth-order valence-corrected chi connectivity index (χ4v) is 1.56. The van der Waals surface area contributed by atoms with Crippen molar-refractivity contribution in [3.8, 4) is 6.07 Å². The third-order valence-corrected chi connectivity index (χ3v) is 2.43. The van der Waals surface area contributed by atoms with Crippen molar-refractivity contribution in [3.63, 3.8) is 0 Å². The van der Waals surface area contributed by atoms with E-state index in [4.69, 9.17) is 11.0 Å². The summed E-state index contributed by atoms with van der Waals surface area (Å²) in [5.41, 5.74) is 5.81. The standard InChI is InChI=1S/C13H18N4O/c1-13(2,15)12(18)17(8-4-6-14)10-11-5-3-7-16-9-11/h3,5,7,9H,4,8,10,15H2,1-2H3. The molecule has 0 fully saturated rings. The topological polar surface area (TPSA) is 83.0 Å². The van der Waals surface area contributed by atoms with Crippen LogP contribution in [0.25, 0.3) is 0 Å². The van der Waals surface area contributed by atoms with E-state index in [2.05, 4.69) is 4.98 Å². The summed E-state index contributed by atoms with van der Waals surface area (Å²) in [4.78, 5) is 17.7. The van der Waals surface area contributed by atoms with E-state index in [9.17, 15) is 4.79 Å². The molecule has 5 heteroatoms. The van der Waals surface area contributed by atoms with Gasteiger partial charge in [-0.3, -0.25) is 9.78 Å². The predicted octanol–water partition coefficient (Wildman–Crippen LogP) is 1.06. The molecule has 0 aliphatic heterocycles. The van der Waals surface area contributed by atoms with Crippen LogP contribution in [0, 0.1) is 11.3 Å². The van der Waals surface area contributed by atoms with Crippen molar-refractivity contribution < 1.29 is 4.79 Å². The normalized spacial score (nSPS) is 10.8. The number of amides is 1. The maximum absolute atomic E-state index is 12.1. The number of aromatic nitrogens is 1. The van der Waals surface area contributed by atoms with Gasteiger partial charge in [-0.15, -0.1) is 0 Å². The second-order valence-corrected chi connectivity index (χ2v) is 4.72. The Morgan fingerprint density at radius 2 is 2.33 bits per heavy atom. The number of carbonyl (C=O) groups is 1. The number of rotatable bonds is 5. The van der Waals surface area contributed by atoms with Crippen LogP contribution in [0.5, 0.6) is 0 Å². The van der Waals surface area contributed by atoms with Gasteiger partial charge in [-0.1, -0.05) is 6.07 Å². The maximum Gasteiger partial charge on any atom is 0.242 e. The summed E-state index contributed by atoms with van der Waals surface area (Å²) < 4.78 is 0. The van der Waals surface area contributed by atoms with Crippen LogP contribution in [0.15, 0.2) is 24.5 Å². The van der Waals surface area contributed by atoms with E-state index >= 15 is 0 Å². The van der Waals surface area contributed by atoms with Gasteiger partial charge >= 0.3 is 0 Å². The van der Waals surface area contributed by atoms with Crippen molar-refractivity contribution in [3.05, 3.63) is 30.1 Å². The molecule has 0 saturated heterocycles. The fourth-order valence-electron chi connectivity index (χ4n) is 1.56. The van der Waals surface area contributed by atoms with Crippen LogP contribution in [0.2, 0.25) is 0 Å². The van der Waals surface area contributed by atoms with E-state index in [0.29, 0.717) is 19.5 Å². The molecular weight excluding hydrogens is 228 g/mol. The van der Waals surface area contributed by atoms with Gasteiger partial charge in [0.05, 0.1) is 18.0 Å². The lowest BCUT2D eigenvalue weighted by molar-refractivity contribution is -0.136. The summed E-state index contributed by atoms with van der Waals surface area (Å²) in [5.74, 6) is -0.165. The molecule has 0 atom stereocenters. The lowest BCUT2D eigenvalue weighted by Gasteiger charge is -2.28. The second kappa shape index (κ2) is 6.12. The molecule has 96 valence electrons. The highest BCUT2D eigenvalue weighted by molar-refractivity contribution is 5.85. The molecule has 0 bridgehead atoms. The van der Waals surface area contributed by atoms with Crippen molar-refractivity contribution in [2.24, 2.45) is 5.73 Å². The smallest absolute Gasteiger partial charge is 0.242 e. The Morgan fingerprint density at radius 3 is 2.83 bits per heavy atom. The van der Waals surface area contributed by atoms with E-state index in [0.717, 1.165) is 5.56 Å². The van der Waals surface area contributed by atoms with E-state index in [1.54, 1.807) is 31.1 Å². The first-order valence-corrected chi connectivity index (χ1v) is 5.79. The summed E-state index contributed by atoms with van der Waals surface area (Å²) in [7, 11) is 0. The van der Waals surface area contributed by atoms with E-state index in [-0.39, 0.29) is 5.91 Å². The molecule has 0 saturated carbocycles. The number of hydrogen-bond donors (Lipinski definition) is 1. The first kappa shape index (κ1) is 14.1. The average Bonchev–Trinajstić information content (AvgIpc) is 2.33. The molecular formula is C13H18N4O. The number of nitriles is 1. The number of nitrogens with two attached hydrogens (primary N) is 1. The Bertz CT molecular complexity index is 431. The Morgan fingerprint density at radius 1 is 1.61 bits per heavy atom.